The van der Waals surface area contributed by atoms with E-state index in [1.807, 2.05) is 19.1 Å². The van der Waals surface area contributed by atoms with Crippen molar-refractivity contribution in [1.82, 2.24) is 10.6 Å². The number of carbonyl (C=O) groups is 1. The molecule has 0 aliphatic carbocycles. The lowest BCUT2D eigenvalue weighted by atomic mass is 10.2. The lowest BCUT2D eigenvalue weighted by Crippen LogP contribution is -2.43. The highest BCUT2D eigenvalue weighted by Crippen LogP contribution is 2.32. The third kappa shape index (κ3) is 6.02. The number of carbonyl (C=O) groups excluding carboxylic acids is 1. The Morgan fingerprint density at radius 3 is 2.91 bits per heavy atom. The van der Waals surface area contributed by atoms with Gasteiger partial charge in [0.05, 0.1) is 10.6 Å². The molecule has 0 spiro atoms. The molecule has 1 heterocycles. The van der Waals surface area contributed by atoms with Crippen LogP contribution in [0.15, 0.2) is 21.1 Å². The van der Waals surface area contributed by atoms with Crippen LogP contribution in [0.4, 0.5) is 0 Å². The topological polar surface area (TPSA) is 59.6 Å². The van der Waals surface area contributed by atoms with E-state index in [-0.39, 0.29) is 18.6 Å². The van der Waals surface area contributed by atoms with Gasteiger partial charge < -0.3 is 20.1 Å². The Hall–Kier alpha value is -0.700. The van der Waals surface area contributed by atoms with E-state index < -0.39 is 0 Å². The summed E-state index contributed by atoms with van der Waals surface area (Å²) in [6.45, 7) is 3.21. The minimum atomic E-state index is -0.302. The summed E-state index contributed by atoms with van der Waals surface area (Å²) in [7, 11) is 0. The standard InChI is InChI=1S/C15H18Br2N2O3S/c1-9-5-10(16)6-12(17)14(9)22-8-13(20)19-15(23)18-7-11-3-2-4-21-11/h5-6,11H,2-4,7-8H2,1H3,(H2,18,19,20,23). The summed E-state index contributed by atoms with van der Waals surface area (Å²) in [6.07, 6.45) is 2.26. The number of nitrogens with one attached hydrogen (secondary N) is 2. The molecule has 1 atom stereocenters. The molecule has 0 bridgehead atoms. The summed E-state index contributed by atoms with van der Waals surface area (Å²) in [6, 6.07) is 3.79. The highest BCUT2D eigenvalue weighted by atomic mass is 79.9. The Bertz CT molecular complexity index is 569. The van der Waals surface area contributed by atoms with Gasteiger partial charge in [-0.3, -0.25) is 4.79 Å². The number of benzene rings is 1. The largest absolute Gasteiger partial charge is 0.482 e. The zero-order valence-electron chi connectivity index (χ0n) is 12.7. The highest BCUT2D eigenvalue weighted by Gasteiger charge is 2.16. The first-order valence-corrected chi connectivity index (χ1v) is 9.23. The van der Waals surface area contributed by atoms with Crippen LogP contribution in [0.1, 0.15) is 18.4 Å². The van der Waals surface area contributed by atoms with Crippen molar-refractivity contribution in [1.29, 1.82) is 0 Å². The van der Waals surface area contributed by atoms with E-state index in [2.05, 4.69) is 42.5 Å². The molecule has 0 radical (unpaired) electrons. The van der Waals surface area contributed by atoms with E-state index in [4.69, 9.17) is 21.7 Å². The van der Waals surface area contributed by atoms with Crippen molar-refractivity contribution in [2.24, 2.45) is 0 Å². The van der Waals surface area contributed by atoms with Gasteiger partial charge in [-0.15, -0.1) is 0 Å². The van der Waals surface area contributed by atoms with E-state index in [0.29, 0.717) is 17.4 Å². The van der Waals surface area contributed by atoms with Crippen LogP contribution < -0.4 is 15.4 Å². The van der Waals surface area contributed by atoms with Crippen LogP contribution in [-0.4, -0.2) is 36.9 Å². The van der Waals surface area contributed by atoms with E-state index in [1.165, 1.54) is 0 Å². The Morgan fingerprint density at radius 1 is 1.48 bits per heavy atom. The van der Waals surface area contributed by atoms with Crippen LogP contribution in [0.3, 0.4) is 0 Å². The second-order valence-corrected chi connectivity index (χ2v) is 7.39. The van der Waals surface area contributed by atoms with Gasteiger partial charge in [0.15, 0.2) is 11.7 Å². The van der Waals surface area contributed by atoms with Gasteiger partial charge in [-0.2, -0.15) is 0 Å². The van der Waals surface area contributed by atoms with Crippen molar-refractivity contribution in [3.8, 4) is 5.75 Å². The van der Waals surface area contributed by atoms with Crippen molar-refractivity contribution < 1.29 is 14.3 Å². The normalized spacial score (nSPS) is 16.9. The number of ether oxygens (including phenoxy) is 2. The van der Waals surface area contributed by atoms with Crippen molar-refractivity contribution in [3.05, 3.63) is 26.6 Å². The molecule has 5 nitrogen and oxygen atoms in total. The van der Waals surface area contributed by atoms with Crippen molar-refractivity contribution >= 4 is 55.1 Å². The Labute approximate surface area is 157 Å². The number of hydrogen-bond donors (Lipinski definition) is 2. The fraction of sp³-hybridized carbons (Fsp3) is 0.467. The minimum Gasteiger partial charge on any atom is -0.482 e. The number of thiocarbonyl (C=S) groups is 1. The molecule has 2 N–H and O–H groups in total. The maximum atomic E-state index is 11.9. The molecule has 0 saturated carbocycles. The van der Waals surface area contributed by atoms with E-state index >= 15 is 0 Å². The Kier molecular flexibility index (Phi) is 7.26. The second kappa shape index (κ2) is 8.96. The number of rotatable bonds is 5. The lowest BCUT2D eigenvalue weighted by Gasteiger charge is -2.14. The van der Waals surface area contributed by atoms with Gasteiger partial charge in [0.1, 0.15) is 5.75 Å². The molecule has 1 unspecified atom stereocenters. The molecule has 1 aromatic carbocycles. The van der Waals surface area contributed by atoms with Gasteiger partial charge in [0, 0.05) is 17.6 Å². The van der Waals surface area contributed by atoms with E-state index in [0.717, 1.165) is 34.0 Å². The highest BCUT2D eigenvalue weighted by molar-refractivity contribution is 9.11. The number of amides is 1. The first-order valence-electron chi connectivity index (χ1n) is 7.23. The second-order valence-electron chi connectivity index (χ2n) is 5.22. The average Bonchev–Trinajstić information content (AvgIpc) is 2.97. The third-order valence-electron chi connectivity index (χ3n) is 3.31. The van der Waals surface area contributed by atoms with Gasteiger partial charge in [-0.25, -0.2) is 0 Å². The summed E-state index contributed by atoms with van der Waals surface area (Å²) >= 11 is 11.9. The summed E-state index contributed by atoms with van der Waals surface area (Å²) in [4.78, 5) is 11.9. The zero-order chi connectivity index (χ0) is 16.8. The first-order chi connectivity index (χ1) is 11.0. The fourth-order valence-corrected chi connectivity index (χ4v) is 3.98. The molecule has 1 aliphatic heterocycles. The van der Waals surface area contributed by atoms with Crippen LogP contribution in [0, 0.1) is 6.92 Å². The van der Waals surface area contributed by atoms with Crippen molar-refractivity contribution in [2.45, 2.75) is 25.9 Å². The predicted molar refractivity (Wildman–Crippen MR) is 99.8 cm³/mol. The van der Waals surface area contributed by atoms with Gasteiger partial charge in [-0.1, -0.05) is 15.9 Å². The monoisotopic (exact) mass is 464 g/mol. The zero-order valence-corrected chi connectivity index (χ0v) is 16.6. The molecule has 23 heavy (non-hydrogen) atoms. The first kappa shape index (κ1) is 18.6. The molecule has 1 fully saturated rings. The van der Waals surface area contributed by atoms with Gasteiger partial charge in [0.2, 0.25) is 0 Å². The third-order valence-corrected chi connectivity index (χ3v) is 4.60. The molecular weight excluding hydrogens is 448 g/mol. The average molecular weight is 466 g/mol. The minimum absolute atomic E-state index is 0.108. The van der Waals surface area contributed by atoms with E-state index in [1.54, 1.807) is 0 Å². The number of halogens is 2. The maximum absolute atomic E-state index is 11.9. The summed E-state index contributed by atoms with van der Waals surface area (Å²) < 4.78 is 12.8. The van der Waals surface area contributed by atoms with Crippen LogP contribution in [0.25, 0.3) is 0 Å². The van der Waals surface area contributed by atoms with E-state index in [9.17, 15) is 4.79 Å². The SMILES string of the molecule is Cc1cc(Br)cc(Br)c1OCC(=O)NC(=S)NCC1CCCO1. The van der Waals surface area contributed by atoms with Gasteiger partial charge in [0.25, 0.3) is 5.91 Å². The summed E-state index contributed by atoms with van der Waals surface area (Å²) in [5.74, 6) is 0.339. The molecular formula is C15H18Br2N2O3S. The molecule has 0 aromatic heterocycles. The number of hydrogen-bond acceptors (Lipinski definition) is 4. The molecule has 1 aliphatic rings. The molecule has 1 amide bonds. The molecule has 126 valence electrons. The lowest BCUT2D eigenvalue weighted by molar-refractivity contribution is -0.121. The van der Waals surface area contributed by atoms with Gasteiger partial charge in [-0.05, 0) is 65.6 Å². The molecule has 1 aromatic rings. The number of aryl methyl sites for hydroxylation is 1. The van der Waals surface area contributed by atoms with Crippen molar-refractivity contribution in [3.63, 3.8) is 0 Å². The predicted octanol–water partition coefficient (Wildman–Crippen LogP) is 3.07. The van der Waals surface area contributed by atoms with Crippen molar-refractivity contribution in [2.75, 3.05) is 19.8 Å². The summed E-state index contributed by atoms with van der Waals surface area (Å²) in [5, 5.41) is 5.88. The Morgan fingerprint density at radius 2 is 2.26 bits per heavy atom. The molecule has 2 rings (SSSR count). The smallest absolute Gasteiger partial charge is 0.264 e. The summed E-state index contributed by atoms with van der Waals surface area (Å²) in [5.41, 5.74) is 0.929. The fourth-order valence-electron chi connectivity index (χ4n) is 2.23. The van der Waals surface area contributed by atoms with Gasteiger partial charge >= 0.3 is 0 Å². The van der Waals surface area contributed by atoms with Crippen LogP contribution in [-0.2, 0) is 9.53 Å². The maximum Gasteiger partial charge on any atom is 0.264 e. The Balaban J connectivity index is 1.75. The van der Waals surface area contributed by atoms with Crippen LogP contribution >= 0.6 is 44.1 Å². The molecule has 1 saturated heterocycles. The quantitative estimate of drug-likeness (QED) is 0.654. The van der Waals surface area contributed by atoms with Crippen LogP contribution in [0.2, 0.25) is 0 Å². The molecule has 8 heteroatoms. The van der Waals surface area contributed by atoms with Crippen LogP contribution in [0.5, 0.6) is 5.75 Å².